The molecular weight excluding hydrogens is 342 g/mol. The van der Waals surface area contributed by atoms with Crippen molar-refractivity contribution in [3.63, 3.8) is 0 Å². The highest BCUT2D eigenvalue weighted by Gasteiger charge is 2.38. The fourth-order valence-electron chi connectivity index (χ4n) is 4.73. The summed E-state index contributed by atoms with van der Waals surface area (Å²) in [5.41, 5.74) is 2.75. The summed E-state index contributed by atoms with van der Waals surface area (Å²) in [6.45, 7) is 4.15. The van der Waals surface area contributed by atoms with E-state index in [9.17, 15) is 14.7 Å². The van der Waals surface area contributed by atoms with E-state index >= 15 is 0 Å². The molecule has 1 aromatic heterocycles. The Balaban J connectivity index is 1.57. The lowest BCUT2D eigenvalue weighted by molar-refractivity contribution is -0.121. The molecule has 4 rings (SSSR count). The van der Waals surface area contributed by atoms with Gasteiger partial charge in [-0.25, -0.2) is 0 Å². The van der Waals surface area contributed by atoms with Crippen LogP contribution in [0.1, 0.15) is 48.2 Å². The van der Waals surface area contributed by atoms with E-state index in [2.05, 4.69) is 5.32 Å². The van der Waals surface area contributed by atoms with Gasteiger partial charge in [-0.3, -0.25) is 9.59 Å². The molecule has 6 heteroatoms. The summed E-state index contributed by atoms with van der Waals surface area (Å²) in [4.78, 5) is 26.9. The van der Waals surface area contributed by atoms with Crippen molar-refractivity contribution in [2.75, 3.05) is 19.6 Å². The number of carbonyl (C=O) groups excluding carboxylic acids is 2. The molecule has 2 aromatic rings. The molecule has 1 spiro atoms. The smallest absolute Gasteiger partial charge is 0.256 e. The molecule has 144 valence electrons. The predicted octanol–water partition coefficient (Wildman–Crippen LogP) is 2.71. The second kappa shape index (κ2) is 6.59. The van der Waals surface area contributed by atoms with E-state index in [-0.39, 0.29) is 23.0 Å². The number of nitrogens with one attached hydrogen (secondary N) is 1. The predicted molar refractivity (Wildman–Crippen MR) is 104 cm³/mol. The minimum atomic E-state index is 0.0429. The lowest BCUT2D eigenvalue weighted by Gasteiger charge is -2.41. The third-order valence-electron chi connectivity index (χ3n) is 6.66. The Labute approximate surface area is 159 Å². The molecule has 27 heavy (non-hydrogen) atoms. The number of aromatic hydroxyl groups is 1. The Hall–Kier alpha value is -2.50. The zero-order valence-electron chi connectivity index (χ0n) is 16.0. The number of fused-ring (bicyclic) bond motifs is 1. The molecule has 2 saturated heterocycles. The number of piperidine rings is 1. The van der Waals surface area contributed by atoms with Gasteiger partial charge in [-0.1, -0.05) is 0 Å². The van der Waals surface area contributed by atoms with Crippen LogP contribution in [0.5, 0.6) is 5.75 Å². The van der Waals surface area contributed by atoms with Crippen molar-refractivity contribution in [2.24, 2.45) is 12.5 Å². The van der Waals surface area contributed by atoms with E-state index in [4.69, 9.17) is 0 Å². The number of phenols is 1. The van der Waals surface area contributed by atoms with Gasteiger partial charge in [0.1, 0.15) is 5.75 Å². The van der Waals surface area contributed by atoms with Crippen LogP contribution in [0.25, 0.3) is 10.9 Å². The number of benzene rings is 1. The number of aryl methyl sites for hydroxylation is 1. The van der Waals surface area contributed by atoms with Crippen molar-refractivity contribution in [1.82, 2.24) is 14.8 Å². The lowest BCUT2D eigenvalue weighted by Crippen LogP contribution is -2.43. The Kier molecular flexibility index (Phi) is 4.36. The van der Waals surface area contributed by atoms with Crippen LogP contribution < -0.4 is 5.32 Å². The van der Waals surface area contributed by atoms with Crippen LogP contribution in [0.15, 0.2) is 18.2 Å². The van der Waals surface area contributed by atoms with Crippen molar-refractivity contribution in [2.45, 2.75) is 39.0 Å². The van der Waals surface area contributed by atoms with Gasteiger partial charge in [0.15, 0.2) is 0 Å². The SMILES string of the molecule is Cc1c(C(=O)N2CCC3(CCNC(=O)CC3)CC2)c2cc(O)ccc2n1C. The molecular formula is C21H27N3O3. The molecule has 2 amide bonds. The summed E-state index contributed by atoms with van der Waals surface area (Å²) in [6, 6.07) is 5.20. The van der Waals surface area contributed by atoms with Crippen molar-refractivity contribution in [3.8, 4) is 5.75 Å². The largest absolute Gasteiger partial charge is 0.508 e. The van der Waals surface area contributed by atoms with E-state index in [1.807, 2.05) is 29.5 Å². The van der Waals surface area contributed by atoms with E-state index < -0.39 is 0 Å². The normalized spacial score (nSPS) is 19.9. The molecule has 2 N–H and O–H groups in total. The van der Waals surface area contributed by atoms with Crippen LogP contribution in [-0.4, -0.2) is 46.0 Å². The van der Waals surface area contributed by atoms with Crippen LogP contribution in [0.3, 0.4) is 0 Å². The number of phenolic OH excluding ortho intramolecular Hbond substituents is 1. The number of aromatic nitrogens is 1. The molecule has 2 fully saturated rings. The highest BCUT2D eigenvalue weighted by atomic mass is 16.3. The summed E-state index contributed by atoms with van der Waals surface area (Å²) >= 11 is 0. The Morgan fingerprint density at radius 1 is 1.19 bits per heavy atom. The summed E-state index contributed by atoms with van der Waals surface area (Å²) in [7, 11) is 1.95. The second-order valence-corrected chi connectivity index (χ2v) is 8.11. The molecule has 0 aliphatic carbocycles. The maximum atomic E-state index is 13.3. The Morgan fingerprint density at radius 2 is 1.93 bits per heavy atom. The van der Waals surface area contributed by atoms with Crippen molar-refractivity contribution >= 4 is 22.7 Å². The Bertz CT molecular complexity index is 907. The van der Waals surface area contributed by atoms with Crippen LogP contribution >= 0.6 is 0 Å². The average molecular weight is 369 g/mol. The molecule has 0 radical (unpaired) electrons. The number of carbonyl (C=O) groups is 2. The van der Waals surface area contributed by atoms with Gasteiger partial charge in [-0.2, -0.15) is 0 Å². The molecule has 2 aliphatic rings. The summed E-state index contributed by atoms with van der Waals surface area (Å²) < 4.78 is 2.01. The van der Waals surface area contributed by atoms with Gasteiger partial charge < -0.3 is 19.9 Å². The molecule has 1 aromatic carbocycles. The highest BCUT2D eigenvalue weighted by molar-refractivity contribution is 6.08. The minimum absolute atomic E-state index is 0.0429. The van der Waals surface area contributed by atoms with E-state index in [0.29, 0.717) is 12.0 Å². The van der Waals surface area contributed by atoms with Gasteiger partial charge in [0.05, 0.1) is 5.56 Å². The minimum Gasteiger partial charge on any atom is -0.508 e. The summed E-state index contributed by atoms with van der Waals surface area (Å²) in [5.74, 6) is 0.369. The van der Waals surface area contributed by atoms with Crippen molar-refractivity contribution < 1.29 is 14.7 Å². The average Bonchev–Trinajstić information content (AvgIpc) is 2.78. The third-order valence-corrected chi connectivity index (χ3v) is 6.66. The van der Waals surface area contributed by atoms with Gasteiger partial charge in [0.25, 0.3) is 5.91 Å². The first-order chi connectivity index (χ1) is 12.9. The number of rotatable bonds is 1. The summed E-state index contributed by atoms with van der Waals surface area (Å²) in [6.07, 6.45) is 4.41. The zero-order chi connectivity index (χ0) is 19.2. The molecule has 6 nitrogen and oxygen atoms in total. The molecule has 2 aliphatic heterocycles. The molecule has 0 bridgehead atoms. The van der Waals surface area contributed by atoms with Crippen LogP contribution in [-0.2, 0) is 11.8 Å². The van der Waals surface area contributed by atoms with Gasteiger partial charge >= 0.3 is 0 Å². The highest BCUT2D eigenvalue weighted by Crippen LogP contribution is 2.41. The monoisotopic (exact) mass is 369 g/mol. The van der Waals surface area contributed by atoms with Gasteiger partial charge in [0.2, 0.25) is 5.91 Å². The topological polar surface area (TPSA) is 74.6 Å². The van der Waals surface area contributed by atoms with Gasteiger partial charge in [0, 0.05) is 49.7 Å². The first kappa shape index (κ1) is 17.9. The number of hydrogen-bond donors (Lipinski definition) is 2. The molecule has 0 unspecified atom stereocenters. The number of likely N-dealkylation sites (tertiary alicyclic amines) is 1. The van der Waals surface area contributed by atoms with Gasteiger partial charge in [-0.15, -0.1) is 0 Å². The third kappa shape index (κ3) is 3.07. The molecule has 0 atom stereocenters. The molecule has 3 heterocycles. The quantitative estimate of drug-likeness (QED) is 0.812. The van der Waals surface area contributed by atoms with E-state index in [1.54, 1.807) is 12.1 Å². The maximum Gasteiger partial charge on any atom is 0.256 e. The fourth-order valence-corrected chi connectivity index (χ4v) is 4.73. The van der Waals surface area contributed by atoms with E-state index in [0.717, 1.165) is 61.9 Å². The van der Waals surface area contributed by atoms with Crippen LogP contribution in [0.4, 0.5) is 0 Å². The number of amides is 2. The standard InChI is InChI=1S/C21H27N3O3/c1-14-19(16-13-15(25)3-4-17(16)23(14)2)20(27)24-11-8-21(9-12-24)6-5-18(26)22-10-7-21/h3-4,13,25H,5-12H2,1-2H3,(H,22,26). The fraction of sp³-hybridized carbons (Fsp3) is 0.524. The van der Waals surface area contributed by atoms with Crippen LogP contribution in [0.2, 0.25) is 0 Å². The van der Waals surface area contributed by atoms with E-state index in [1.165, 1.54) is 0 Å². The Morgan fingerprint density at radius 3 is 2.67 bits per heavy atom. The van der Waals surface area contributed by atoms with Crippen molar-refractivity contribution in [1.29, 1.82) is 0 Å². The first-order valence-electron chi connectivity index (χ1n) is 9.74. The number of nitrogens with zero attached hydrogens (tertiary/aromatic N) is 2. The second-order valence-electron chi connectivity index (χ2n) is 8.11. The van der Waals surface area contributed by atoms with Crippen molar-refractivity contribution in [3.05, 3.63) is 29.5 Å². The van der Waals surface area contributed by atoms with Crippen LogP contribution in [0, 0.1) is 12.3 Å². The number of hydrogen-bond acceptors (Lipinski definition) is 3. The lowest BCUT2D eigenvalue weighted by atomic mass is 9.73. The first-order valence-corrected chi connectivity index (χ1v) is 9.74. The maximum absolute atomic E-state index is 13.3. The molecule has 0 saturated carbocycles. The summed E-state index contributed by atoms with van der Waals surface area (Å²) in [5, 5.41) is 13.7. The zero-order valence-corrected chi connectivity index (χ0v) is 16.0. The van der Waals surface area contributed by atoms with Gasteiger partial charge in [-0.05, 0) is 56.2 Å².